The Morgan fingerprint density at radius 3 is 2.37 bits per heavy atom. The molecule has 2 rings (SSSR count). The van der Waals surface area contributed by atoms with E-state index in [1.165, 1.54) is 4.90 Å². The second-order valence-electron chi connectivity index (χ2n) is 7.18. The van der Waals surface area contributed by atoms with Crippen LogP contribution in [0.1, 0.15) is 37.0 Å². The monoisotopic (exact) mass is 450 g/mol. The molecule has 1 atom stereocenters. The van der Waals surface area contributed by atoms with E-state index in [0.29, 0.717) is 27.9 Å². The molecule has 162 valence electrons. The number of amides is 2. The predicted octanol–water partition coefficient (Wildman–Crippen LogP) is 4.93. The van der Waals surface area contributed by atoms with Gasteiger partial charge in [-0.05, 0) is 56.5 Å². The summed E-state index contributed by atoms with van der Waals surface area (Å²) in [5.41, 5.74) is 2.64. The van der Waals surface area contributed by atoms with Gasteiger partial charge in [-0.15, -0.1) is 0 Å². The van der Waals surface area contributed by atoms with Gasteiger partial charge < -0.3 is 15.0 Å². The van der Waals surface area contributed by atoms with Gasteiger partial charge in [-0.3, -0.25) is 9.59 Å². The van der Waals surface area contributed by atoms with E-state index in [-0.39, 0.29) is 25.0 Å². The van der Waals surface area contributed by atoms with Crippen molar-refractivity contribution in [3.8, 4) is 5.75 Å². The molecule has 1 unspecified atom stereocenters. The summed E-state index contributed by atoms with van der Waals surface area (Å²) < 4.78 is 5.78. The first-order chi connectivity index (χ1) is 14.3. The third kappa shape index (κ3) is 6.13. The topological polar surface area (TPSA) is 58.6 Å². The van der Waals surface area contributed by atoms with Crippen molar-refractivity contribution in [2.24, 2.45) is 0 Å². The lowest BCUT2D eigenvalue weighted by Gasteiger charge is -2.29. The molecule has 2 aromatic carbocycles. The predicted molar refractivity (Wildman–Crippen MR) is 121 cm³/mol. The van der Waals surface area contributed by atoms with Gasteiger partial charge in [0.05, 0.1) is 0 Å². The van der Waals surface area contributed by atoms with Crippen LogP contribution >= 0.6 is 23.2 Å². The van der Waals surface area contributed by atoms with E-state index < -0.39 is 6.04 Å². The summed E-state index contributed by atoms with van der Waals surface area (Å²) in [7, 11) is 0. The minimum atomic E-state index is -0.710. The number of carbonyl (C=O) groups is 2. The summed E-state index contributed by atoms with van der Waals surface area (Å²) in [6, 6.07) is 10.1. The first kappa shape index (κ1) is 24.0. The molecule has 0 aliphatic rings. The summed E-state index contributed by atoms with van der Waals surface area (Å²) in [6.45, 7) is 8.02. The molecular formula is C23H28Cl2N2O3. The first-order valence-electron chi connectivity index (χ1n) is 9.95. The van der Waals surface area contributed by atoms with E-state index in [1.807, 2.05) is 39.0 Å². The first-order valence-corrected chi connectivity index (χ1v) is 10.7. The summed E-state index contributed by atoms with van der Waals surface area (Å²) in [6.07, 6.45) is 0.804. The molecule has 5 nitrogen and oxygen atoms in total. The highest BCUT2D eigenvalue weighted by molar-refractivity contribution is 6.36. The zero-order valence-electron chi connectivity index (χ0n) is 17.8. The van der Waals surface area contributed by atoms with Crippen LogP contribution < -0.4 is 10.1 Å². The van der Waals surface area contributed by atoms with Gasteiger partial charge in [0.1, 0.15) is 11.8 Å². The van der Waals surface area contributed by atoms with Crippen molar-refractivity contribution in [1.82, 2.24) is 10.2 Å². The molecule has 7 heteroatoms. The summed E-state index contributed by atoms with van der Waals surface area (Å²) >= 11 is 12.6. The zero-order valence-corrected chi connectivity index (χ0v) is 19.3. The highest BCUT2D eigenvalue weighted by Gasteiger charge is 2.27. The molecule has 1 N–H and O–H groups in total. The summed E-state index contributed by atoms with van der Waals surface area (Å²) in [5.74, 6) is 0.0771. The fourth-order valence-electron chi connectivity index (χ4n) is 2.94. The van der Waals surface area contributed by atoms with Crippen LogP contribution in [0.4, 0.5) is 0 Å². The van der Waals surface area contributed by atoms with Crippen molar-refractivity contribution in [3.05, 3.63) is 63.1 Å². The van der Waals surface area contributed by atoms with Gasteiger partial charge in [-0.1, -0.05) is 48.3 Å². The molecule has 0 aliphatic heterocycles. The molecule has 30 heavy (non-hydrogen) atoms. The Hall–Kier alpha value is -2.24. The van der Waals surface area contributed by atoms with Crippen LogP contribution in [0.3, 0.4) is 0 Å². The second kappa shape index (κ2) is 11.2. The van der Waals surface area contributed by atoms with Crippen molar-refractivity contribution in [3.63, 3.8) is 0 Å². The number of carbonyl (C=O) groups excluding carboxylic acids is 2. The van der Waals surface area contributed by atoms with Crippen LogP contribution in [-0.2, 0) is 16.1 Å². The maximum Gasteiger partial charge on any atom is 0.261 e. The standard InChI is InChI=1S/C23H28Cl2N2O3/c1-5-12-26-23(29)17(4)27(13-18-19(24)9-7-10-20(18)25)22(28)14-30-21-11-6-8-15(2)16(21)3/h6-11,17H,5,12-14H2,1-4H3,(H,26,29). The lowest BCUT2D eigenvalue weighted by Crippen LogP contribution is -2.49. The maximum atomic E-state index is 13.1. The Labute approximate surface area is 188 Å². The number of benzene rings is 2. The quantitative estimate of drug-likeness (QED) is 0.588. The van der Waals surface area contributed by atoms with Gasteiger partial charge in [0.2, 0.25) is 5.91 Å². The Bertz CT molecular complexity index is 882. The zero-order chi connectivity index (χ0) is 22.3. The SMILES string of the molecule is CCCNC(=O)C(C)N(Cc1c(Cl)cccc1Cl)C(=O)COc1cccc(C)c1C. The van der Waals surface area contributed by atoms with E-state index in [4.69, 9.17) is 27.9 Å². The Kier molecular flexibility index (Phi) is 9.00. The third-order valence-corrected chi connectivity index (χ3v) is 5.72. The van der Waals surface area contributed by atoms with Gasteiger partial charge in [0, 0.05) is 28.7 Å². The van der Waals surface area contributed by atoms with Crippen LogP contribution in [0.25, 0.3) is 0 Å². The van der Waals surface area contributed by atoms with Crippen molar-refractivity contribution in [1.29, 1.82) is 0 Å². The van der Waals surface area contributed by atoms with E-state index in [2.05, 4.69) is 5.32 Å². The lowest BCUT2D eigenvalue weighted by atomic mass is 10.1. The number of hydrogen-bond donors (Lipinski definition) is 1. The number of ether oxygens (including phenoxy) is 1. The molecule has 2 aromatic rings. The molecule has 0 saturated heterocycles. The van der Waals surface area contributed by atoms with Gasteiger partial charge in [-0.2, -0.15) is 0 Å². The van der Waals surface area contributed by atoms with Crippen LogP contribution in [-0.4, -0.2) is 35.9 Å². The molecule has 0 bridgehead atoms. The number of aryl methyl sites for hydroxylation is 1. The van der Waals surface area contributed by atoms with Crippen molar-refractivity contribution < 1.29 is 14.3 Å². The molecule has 0 aromatic heterocycles. The smallest absolute Gasteiger partial charge is 0.261 e. The van der Waals surface area contributed by atoms with Gasteiger partial charge in [-0.25, -0.2) is 0 Å². The second-order valence-corrected chi connectivity index (χ2v) is 7.99. The Balaban J connectivity index is 2.24. The van der Waals surface area contributed by atoms with Crippen LogP contribution in [0, 0.1) is 13.8 Å². The highest BCUT2D eigenvalue weighted by Crippen LogP contribution is 2.27. The third-order valence-electron chi connectivity index (χ3n) is 5.01. The maximum absolute atomic E-state index is 13.1. The Morgan fingerprint density at radius 1 is 1.10 bits per heavy atom. The van der Waals surface area contributed by atoms with Gasteiger partial charge in [0.25, 0.3) is 5.91 Å². The molecule has 0 spiro atoms. The summed E-state index contributed by atoms with van der Waals surface area (Å²) in [4.78, 5) is 27.1. The minimum absolute atomic E-state index is 0.105. The molecule has 0 radical (unpaired) electrons. The van der Waals surface area contributed by atoms with E-state index in [1.54, 1.807) is 25.1 Å². The fraction of sp³-hybridized carbons (Fsp3) is 0.391. The van der Waals surface area contributed by atoms with E-state index >= 15 is 0 Å². The van der Waals surface area contributed by atoms with Gasteiger partial charge >= 0.3 is 0 Å². The Morgan fingerprint density at radius 2 is 1.73 bits per heavy atom. The molecule has 0 aliphatic carbocycles. The molecule has 0 saturated carbocycles. The number of nitrogens with one attached hydrogen (secondary N) is 1. The summed E-state index contributed by atoms with van der Waals surface area (Å²) in [5, 5.41) is 3.72. The number of rotatable bonds is 9. The largest absolute Gasteiger partial charge is 0.483 e. The van der Waals surface area contributed by atoms with Crippen LogP contribution in [0.15, 0.2) is 36.4 Å². The molecule has 2 amide bonds. The van der Waals surface area contributed by atoms with Crippen molar-refractivity contribution in [2.75, 3.05) is 13.2 Å². The van der Waals surface area contributed by atoms with E-state index in [0.717, 1.165) is 17.5 Å². The van der Waals surface area contributed by atoms with Crippen molar-refractivity contribution in [2.45, 2.75) is 46.7 Å². The fourth-order valence-corrected chi connectivity index (χ4v) is 3.45. The number of nitrogens with zero attached hydrogens (tertiary/aromatic N) is 1. The van der Waals surface area contributed by atoms with Crippen molar-refractivity contribution >= 4 is 35.0 Å². The normalized spacial score (nSPS) is 11.7. The average Bonchev–Trinajstić information content (AvgIpc) is 2.72. The van der Waals surface area contributed by atoms with Gasteiger partial charge in [0.15, 0.2) is 6.61 Å². The van der Waals surface area contributed by atoms with Crippen LogP contribution in [0.2, 0.25) is 10.0 Å². The molecular weight excluding hydrogens is 423 g/mol. The molecule has 0 fully saturated rings. The van der Waals surface area contributed by atoms with Crippen LogP contribution in [0.5, 0.6) is 5.75 Å². The number of halogens is 2. The highest BCUT2D eigenvalue weighted by atomic mass is 35.5. The average molecular weight is 451 g/mol. The minimum Gasteiger partial charge on any atom is -0.483 e. The lowest BCUT2D eigenvalue weighted by molar-refractivity contribution is -0.142. The number of hydrogen-bond acceptors (Lipinski definition) is 3. The van der Waals surface area contributed by atoms with E-state index in [9.17, 15) is 9.59 Å². The molecule has 0 heterocycles.